The van der Waals surface area contributed by atoms with E-state index < -0.39 is 0 Å². The molecule has 0 saturated carbocycles. The largest absolute Gasteiger partial charge is 0.493 e. The summed E-state index contributed by atoms with van der Waals surface area (Å²) in [5.41, 5.74) is 1.68. The number of likely N-dealkylation sites (tertiary alicyclic amines) is 1. The van der Waals surface area contributed by atoms with Crippen LogP contribution < -0.4 is 9.47 Å². The molecule has 0 N–H and O–H groups in total. The molecule has 2 heterocycles. The highest BCUT2D eigenvalue weighted by atomic mass is 32.1. The Morgan fingerprint density at radius 2 is 2.10 bits per heavy atom. The van der Waals surface area contributed by atoms with Gasteiger partial charge in [-0.1, -0.05) is 19.1 Å². The van der Waals surface area contributed by atoms with Crippen LogP contribution in [0.25, 0.3) is 10.2 Å². The highest BCUT2D eigenvalue weighted by molar-refractivity contribution is 7.18. The van der Waals surface area contributed by atoms with Gasteiger partial charge in [-0.2, -0.15) is 0 Å². The molecule has 0 spiro atoms. The van der Waals surface area contributed by atoms with Gasteiger partial charge >= 0.3 is 0 Å². The number of piperidine rings is 1. The molecule has 3 aromatic rings. The van der Waals surface area contributed by atoms with Crippen molar-refractivity contribution >= 4 is 27.5 Å². The first kappa shape index (κ1) is 19.7. The monoisotopic (exact) mass is 410 g/mol. The summed E-state index contributed by atoms with van der Waals surface area (Å²) in [5.74, 6) is 1.61. The number of nitrogens with zero attached hydrogens (tertiary/aromatic N) is 2. The van der Waals surface area contributed by atoms with Crippen LogP contribution in [0.2, 0.25) is 0 Å². The van der Waals surface area contributed by atoms with Crippen LogP contribution in [0, 0.1) is 0 Å². The molecule has 5 nitrogen and oxygen atoms in total. The van der Waals surface area contributed by atoms with E-state index in [-0.39, 0.29) is 5.91 Å². The number of ether oxygens (including phenoxy) is 2. The van der Waals surface area contributed by atoms with E-state index in [0.29, 0.717) is 36.1 Å². The van der Waals surface area contributed by atoms with Gasteiger partial charge in [0.2, 0.25) is 0 Å². The molecule has 1 fully saturated rings. The normalized spacial score (nSPS) is 16.8. The Labute approximate surface area is 175 Å². The number of para-hydroxylation sites is 1. The Kier molecular flexibility index (Phi) is 6.00. The maximum absolute atomic E-state index is 13.2. The van der Waals surface area contributed by atoms with E-state index in [4.69, 9.17) is 14.5 Å². The fraction of sp³-hybridized carbons (Fsp3) is 0.391. The molecule has 1 aliphatic rings. The van der Waals surface area contributed by atoms with E-state index in [0.717, 1.165) is 36.3 Å². The quantitative estimate of drug-likeness (QED) is 0.566. The second-order valence-electron chi connectivity index (χ2n) is 7.32. The zero-order chi connectivity index (χ0) is 20.2. The predicted octanol–water partition coefficient (Wildman–Crippen LogP) is 5.11. The fourth-order valence-corrected chi connectivity index (χ4v) is 4.84. The molecule has 0 unspecified atom stereocenters. The fourth-order valence-electron chi connectivity index (χ4n) is 3.74. The van der Waals surface area contributed by atoms with Gasteiger partial charge < -0.3 is 14.4 Å². The number of rotatable bonds is 6. The number of amides is 1. The summed E-state index contributed by atoms with van der Waals surface area (Å²) in [6, 6.07) is 13.7. The van der Waals surface area contributed by atoms with Crippen molar-refractivity contribution in [1.82, 2.24) is 9.88 Å². The molecule has 1 atom stereocenters. The first-order valence-corrected chi connectivity index (χ1v) is 11.0. The highest BCUT2D eigenvalue weighted by Gasteiger charge is 2.28. The summed E-state index contributed by atoms with van der Waals surface area (Å²) in [6.07, 6.45) is 2.97. The third-order valence-corrected chi connectivity index (χ3v) is 6.44. The van der Waals surface area contributed by atoms with Crippen molar-refractivity contribution in [2.45, 2.75) is 32.1 Å². The Balaban J connectivity index is 1.51. The van der Waals surface area contributed by atoms with Gasteiger partial charge in [0.05, 0.1) is 28.9 Å². The highest BCUT2D eigenvalue weighted by Crippen LogP contribution is 2.34. The number of benzene rings is 2. The Morgan fingerprint density at radius 3 is 2.90 bits per heavy atom. The van der Waals surface area contributed by atoms with Crippen LogP contribution in [0.1, 0.15) is 47.5 Å². The van der Waals surface area contributed by atoms with Crippen molar-refractivity contribution in [3.8, 4) is 11.5 Å². The Morgan fingerprint density at radius 1 is 1.24 bits per heavy atom. The Hall–Kier alpha value is -2.60. The molecule has 1 aromatic heterocycles. The van der Waals surface area contributed by atoms with Gasteiger partial charge in [0.1, 0.15) is 0 Å². The number of aromatic nitrogens is 1. The van der Waals surface area contributed by atoms with Crippen molar-refractivity contribution in [3.05, 3.63) is 53.0 Å². The van der Waals surface area contributed by atoms with Crippen LogP contribution in [0.3, 0.4) is 0 Å². The van der Waals surface area contributed by atoms with Gasteiger partial charge in [-0.15, -0.1) is 11.3 Å². The lowest BCUT2D eigenvalue weighted by Crippen LogP contribution is -2.39. The van der Waals surface area contributed by atoms with Crippen LogP contribution in [-0.2, 0) is 0 Å². The van der Waals surface area contributed by atoms with E-state index in [9.17, 15) is 4.79 Å². The van der Waals surface area contributed by atoms with E-state index in [2.05, 4.69) is 19.1 Å². The molecular formula is C23H26N2O3S. The second kappa shape index (κ2) is 8.82. The molecule has 29 heavy (non-hydrogen) atoms. The summed E-state index contributed by atoms with van der Waals surface area (Å²) in [7, 11) is 1.60. The van der Waals surface area contributed by atoms with Crippen LogP contribution in [0.15, 0.2) is 42.5 Å². The first-order chi connectivity index (χ1) is 14.2. The molecule has 6 heteroatoms. The molecule has 0 bridgehead atoms. The van der Waals surface area contributed by atoms with Gasteiger partial charge in [0.25, 0.3) is 5.91 Å². The SMILES string of the molecule is CCCOc1ccc(C(=O)N2CCC[C@H](c3nc4ccccc4s3)C2)cc1OC. The topological polar surface area (TPSA) is 51.7 Å². The number of carbonyl (C=O) groups excluding carboxylic acids is 1. The zero-order valence-corrected chi connectivity index (χ0v) is 17.7. The van der Waals surface area contributed by atoms with Crippen molar-refractivity contribution in [2.75, 3.05) is 26.8 Å². The number of fused-ring (bicyclic) bond motifs is 1. The Bertz CT molecular complexity index is 968. The summed E-state index contributed by atoms with van der Waals surface area (Å²) in [4.78, 5) is 19.9. The molecule has 0 radical (unpaired) electrons. The summed E-state index contributed by atoms with van der Waals surface area (Å²) >= 11 is 1.74. The van der Waals surface area contributed by atoms with Crippen LogP contribution in [0.4, 0.5) is 0 Å². The van der Waals surface area contributed by atoms with Gasteiger partial charge in [0.15, 0.2) is 11.5 Å². The lowest BCUT2D eigenvalue weighted by Gasteiger charge is -2.32. The number of carbonyl (C=O) groups is 1. The second-order valence-corrected chi connectivity index (χ2v) is 8.39. The molecule has 1 amide bonds. The average molecular weight is 411 g/mol. The lowest BCUT2D eigenvalue weighted by molar-refractivity contribution is 0.0706. The zero-order valence-electron chi connectivity index (χ0n) is 16.9. The van der Waals surface area contributed by atoms with Crippen molar-refractivity contribution in [1.29, 1.82) is 0 Å². The van der Waals surface area contributed by atoms with Gasteiger partial charge in [-0.05, 0) is 49.6 Å². The third kappa shape index (κ3) is 4.22. The van der Waals surface area contributed by atoms with E-state index in [1.165, 1.54) is 4.70 Å². The molecule has 0 aliphatic carbocycles. The minimum Gasteiger partial charge on any atom is -0.493 e. The standard InChI is InChI=1S/C23H26N2O3S/c1-3-13-28-19-11-10-16(14-20(19)27-2)23(26)25-12-6-7-17(15-25)22-24-18-8-4-5-9-21(18)29-22/h4-5,8-11,14,17H,3,6-7,12-13,15H2,1-2H3/t17-/m0/s1. The molecule has 1 saturated heterocycles. The lowest BCUT2D eigenvalue weighted by atomic mass is 9.98. The van der Waals surface area contributed by atoms with Crippen LogP contribution in [-0.4, -0.2) is 42.6 Å². The molecular weight excluding hydrogens is 384 g/mol. The smallest absolute Gasteiger partial charge is 0.254 e. The minimum absolute atomic E-state index is 0.0381. The van der Waals surface area contributed by atoms with Crippen molar-refractivity contribution in [2.24, 2.45) is 0 Å². The number of methoxy groups -OCH3 is 1. The van der Waals surface area contributed by atoms with Crippen LogP contribution >= 0.6 is 11.3 Å². The summed E-state index contributed by atoms with van der Waals surface area (Å²) in [5, 5.41) is 1.13. The average Bonchev–Trinajstić information content (AvgIpc) is 3.21. The summed E-state index contributed by atoms with van der Waals surface area (Å²) in [6.45, 7) is 4.16. The molecule has 4 rings (SSSR count). The van der Waals surface area contributed by atoms with Gasteiger partial charge in [-0.25, -0.2) is 4.98 Å². The molecule has 1 aliphatic heterocycles. The maximum Gasteiger partial charge on any atom is 0.254 e. The summed E-state index contributed by atoms with van der Waals surface area (Å²) < 4.78 is 12.4. The first-order valence-electron chi connectivity index (χ1n) is 10.1. The van der Waals surface area contributed by atoms with Crippen molar-refractivity contribution < 1.29 is 14.3 Å². The molecule has 2 aromatic carbocycles. The van der Waals surface area contributed by atoms with Gasteiger partial charge in [0, 0.05) is 24.6 Å². The number of thiazole rings is 1. The maximum atomic E-state index is 13.2. The molecule has 152 valence electrons. The van der Waals surface area contributed by atoms with Crippen LogP contribution in [0.5, 0.6) is 11.5 Å². The van der Waals surface area contributed by atoms with Crippen molar-refractivity contribution in [3.63, 3.8) is 0 Å². The van der Waals surface area contributed by atoms with Gasteiger partial charge in [-0.3, -0.25) is 4.79 Å². The number of hydrogen-bond acceptors (Lipinski definition) is 5. The number of hydrogen-bond donors (Lipinski definition) is 0. The van der Waals surface area contributed by atoms with E-state index >= 15 is 0 Å². The third-order valence-electron chi connectivity index (χ3n) is 5.24. The predicted molar refractivity (Wildman–Crippen MR) is 116 cm³/mol. The van der Waals surface area contributed by atoms with E-state index in [1.807, 2.05) is 29.2 Å². The van der Waals surface area contributed by atoms with E-state index in [1.54, 1.807) is 24.5 Å². The minimum atomic E-state index is 0.0381.